The van der Waals surface area contributed by atoms with Crippen LogP contribution in [0, 0.1) is 5.92 Å². The van der Waals surface area contributed by atoms with E-state index < -0.39 is 6.09 Å². The first kappa shape index (κ1) is 13.9. The molecule has 0 spiro atoms. The molecule has 0 saturated carbocycles. The van der Waals surface area contributed by atoms with Crippen LogP contribution in [0.1, 0.15) is 10.4 Å². The number of benzene rings is 1. The minimum atomic E-state index is -0.601. The molecular formula is C14H13ClN2O4. The number of halogens is 1. The van der Waals surface area contributed by atoms with Crippen LogP contribution in [-0.2, 0) is 9.53 Å². The van der Waals surface area contributed by atoms with Gasteiger partial charge in [0.15, 0.2) is 6.61 Å². The van der Waals surface area contributed by atoms with Gasteiger partial charge in [0.05, 0.1) is 10.6 Å². The van der Waals surface area contributed by atoms with Crippen molar-refractivity contribution in [1.82, 2.24) is 9.80 Å². The normalized spacial score (nSPS) is 18.7. The molecule has 2 aliphatic rings. The zero-order valence-corrected chi connectivity index (χ0v) is 11.9. The van der Waals surface area contributed by atoms with Crippen LogP contribution in [0.25, 0.3) is 0 Å². The molecule has 0 N–H and O–H groups in total. The number of amides is 3. The van der Waals surface area contributed by atoms with Gasteiger partial charge in [0.1, 0.15) is 0 Å². The molecule has 0 aromatic heterocycles. The van der Waals surface area contributed by atoms with Crippen molar-refractivity contribution in [2.45, 2.75) is 0 Å². The van der Waals surface area contributed by atoms with E-state index in [9.17, 15) is 14.4 Å². The number of carbonyl (C=O) groups is 3. The van der Waals surface area contributed by atoms with Gasteiger partial charge in [-0.3, -0.25) is 9.59 Å². The van der Waals surface area contributed by atoms with Gasteiger partial charge in [-0.1, -0.05) is 23.7 Å². The Labute approximate surface area is 126 Å². The van der Waals surface area contributed by atoms with Gasteiger partial charge in [-0.2, -0.15) is 0 Å². The standard InChI is InChI=1S/C14H13ClN2O4/c15-11-4-2-1-3-10(11)13(19)16-5-9(6-16)7-17-12(18)8-21-14(17)20/h1-4,9H,5-8H2. The molecule has 3 rings (SSSR count). The van der Waals surface area contributed by atoms with Crippen molar-refractivity contribution < 1.29 is 19.1 Å². The van der Waals surface area contributed by atoms with Crippen molar-refractivity contribution in [2.24, 2.45) is 5.92 Å². The van der Waals surface area contributed by atoms with Crippen LogP contribution in [0.15, 0.2) is 24.3 Å². The van der Waals surface area contributed by atoms with Crippen molar-refractivity contribution in [3.8, 4) is 0 Å². The lowest BCUT2D eigenvalue weighted by atomic mass is 9.98. The summed E-state index contributed by atoms with van der Waals surface area (Å²) >= 11 is 5.99. The highest BCUT2D eigenvalue weighted by molar-refractivity contribution is 6.33. The number of rotatable bonds is 3. The Morgan fingerprint density at radius 3 is 2.62 bits per heavy atom. The van der Waals surface area contributed by atoms with E-state index in [-0.39, 0.29) is 24.3 Å². The Morgan fingerprint density at radius 1 is 1.29 bits per heavy atom. The van der Waals surface area contributed by atoms with Gasteiger partial charge in [-0.25, -0.2) is 9.69 Å². The molecule has 110 valence electrons. The fraction of sp³-hybridized carbons (Fsp3) is 0.357. The highest BCUT2D eigenvalue weighted by Crippen LogP contribution is 2.24. The third-order valence-electron chi connectivity index (χ3n) is 3.63. The maximum atomic E-state index is 12.2. The number of imide groups is 1. The van der Waals surface area contributed by atoms with E-state index in [1.165, 1.54) is 0 Å². The summed E-state index contributed by atoms with van der Waals surface area (Å²) < 4.78 is 4.65. The van der Waals surface area contributed by atoms with Gasteiger partial charge in [-0.05, 0) is 12.1 Å². The second-order valence-corrected chi connectivity index (χ2v) is 5.52. The Kier molecular flexibility index (Phi) is 3.55. The molecule has 1 aromatic carbocycles. The van der Waals surface area contributed by atoms with Crippen molar-refractivity contribution in [1.29, 1.82) is 0 Å². The summed E-state index contributed by atoms with van der Waals surface area (Å²) in [4.78, 5) is 37.7. The highest BCUT2D eigenvalue weighted by Gasteiger charge is 2.38. The van der Waals surface area contributed by atoms with Crippen LogP contribution >= 0.6 is 11.6 Å². The van der Waals surface area contributed by atoms with E-state index in [1.807, 2.05) is 0 Å². The van der Waals surface area contributed by atoms with Crippen molar-refractivity contribution in [3.63, 3.8) is 0 Å². The van der Waals surface area contributed by atoms with Gasteiger partial charge < -0.3 is 9.64 Å². The predicted molar refractivity (Wildman–Crippen MR) is 73.9 cm³/mol. The van der Waals surface area contributed by atoms with Gasteiger partial charge in [0.2, 0.25) is 0 Å². The molecule has 0 atom stereocenters. The largest absolute Gasteiger partial charge is 0.439 e. The number of hydrogen-bond acceptors (Lipinski definition) is 4. The lowest BCUT2D eigenvalue weighted by molar-refractivity contribution is -0.126. The van der Waals surface area contributed by atoms with Crippen LogP contribution < -0.4 is 0 Å². The van der Waals surface area contributed by atoms with Crippen LogP contribution in [0.2, 0.25) is 5.02 Å². The van der Waals surface area contributed by atoms with Gasteiger partial charge in [-0.15, -0.1) is 0 Å². The third kappa shape index (κ3) is 2.58. The number of cyclic esters (lactones) is 1. The van der Waals surface area contributed by atoms with Crippen LogP contribution in [0.5, 0.6) is 0 Å². The smallest absolute Gasteiger partial charge is 0.417 e. The molecule has 0 radical (unpaired) electrons. The van der Waals surface area contributed by atoms with E-state index in [0.717, 1.165) is 4.90 Å². The van der Waals surface area contributed by atoms with Crippen LogP contribution in [0.3, 0.4) is 0 Å². The minimum absolute atomic E-state index is 0.0889. The van der Waals surface area contributed by atoms with E-state index in [2.05, 4.69) is 4.74 Å². The molecule has 2 heterocycles. The molecule has 1 aromatic rings. The number of ether oxygens (including phenoxy) is 1. The van der Waals surface area contributed by atoms with E-state index >= 15 is 0 Å². The minimum Gasteiger partial charge on any atom is -0.439 e. The molecule has 2 fully saturated rings. The average molecular weight is 309 g/mol. The monoisotopic (exact) mass is 308 g/mol. The average Bonchev–Trinajstić information content (AvgIpc) is 2.73. The van der Waals surface area contributed by atoms with E-state index in [4.69, 9.17) is 11.6 Å². The zero-order valence-electron chi connectivity index (χ0n) is 11.1. The second-order valence-electron chi connectivity index (χ2n) is 5.11. The quantitative estimate of drug-likeness (QED) is 0.846. The Bertz CT molecular complexity index is 597. The molecule has 0 unspecified atom stereocenters. The maximum Gasteiger partial charge on any atom is 0.417 e. The summed E-state index contributed by atoms with van der Waals surface area (Å²) in [5.74, 6) is -0.367. The number of nitrogens with zero attached hydrogens (tertiary/aromatic N) is 2. The van der Waals surface area contributed by atoms with Gasteiger partial charge in [0.25, 0.3) is 11.8 Å². The van der Waals surface area contributed by atoms with Crippen LogP contribution in [0.4, 0.5) is 4.79 Å². The molecule has 0 aliphatic carbocycles. The molecule has 21 heavy (non-hydrogen) atoms. The molecule has 2 aliphatic heterocycles. The first-order chi connectivity index (χ1) is 10.1. The first-order valence-corrected chi connectivity index (χ1v) is 6.95. The molecule has 0 bridgehead atoms. The summed E-state index contributed by atoms with van der Waals surface area (Å²) in [5, 5.41) is 0.421. The third-order valence-corrected chi connectivity index (χ3v) is 3.96. The van der Waals surface area contributed by atoms with Crippen LogP contribution in [-0.4, -0.2) is 53.9 Å². The molecular weight excluding hydrogens is 296 g/mol. The second kappa shape index (κ2) is 5.37. The zero-order chi connectivity index (χ0) is 15.0. The summed E-state index contributed by atoms with van der Waals surface area (Å²) in [7, 11) is 0. The van der Waals surface area contributed by atoms with E-state index in [1.54, 1.807) is 29.2 Å². The summed E-state index contributed by atoms with van der Waals surface area (Å²) in [6, 6.07) is 6.88. The van der Waals surface area contributed by atoms with Gasteiger partial charge >= 0.3 is 6.09 Å². The van der Waals surface area contributed by atoms with Gasteiger partial charge in [0, 0.05) is 25.6 Å². The topological polar surface area (TPSA) is 66.9 Å². The van der Waals surface area contributed by atoms with Crippen molar-refractivity contribution in [2.75, 3.05) is 26.2 Å². The Hall–Kier alpha value is -2.08. The molecule has 2 saturated heterocycles. The lowest BCUT2D eigenvalue weighted by Gasteiger charge is -2.40. The Balaban J connectivity index is 1.56. The molecule has 6 nitrogen and oxygen atoms in total. The summed E-state index contributed by atoms with van der Waals surface area (Å²) in [6.07, 6.45) is -0.601. The number of hydrogen-bond donors (Lipinski definition) is 0. The summed E-state index contributed by atoms with van der Waals surface area (Å²) in [5.41, 5.74) is 0.467. The highest BCUT2D eigenvalue weighted by atomic mass is 35.5. The predicted octanol–water partition coefficient (Wildman–Crippen LogP) is 1.39. The molecule has 7 heteroatoms. The van der Waals surface area contributed by atoms with Crippen molar-refractivity contribution >= 4 is 29.5 Å². The number of carbonyl (C=O) groups excluding carboxylic acids is 3. The summed E-state index contributed by atoms with van der Waals surface area (Å²) in [6.45, 7) is 1.11. The fourth-order valence-electron chi connectivity index (χ4n) is 2.47. The fourth-order valence-corrected chi connectivity index (χ4v) is 2.69. The first-order valence-electron chi connectivity index (χ1n) is 6.57. The van der Waals surface area contributed by atoms with Crippen molar-refractivity contribution in [3.05, 3.63) is 34.9 Å². The lowest BCUT2D eigenvalue weighted by Crippen LogP contribution is -2.54. The number of likely N-dealkylation sites (tertiary alicyclic amines) is 1. The maximum absolute atomic E-state index is 12.2. The molecule has 3 amide bonds. The van der Waals surface area contributed by atoms with E-state index in [0.29, 0.717) is 30.2 Å². The Morgan fingerprint density at radius 2 is 2.00 bits per heavy atom. The SMILES string of the molecule is O=C(c1ccccc1Cl)N1CC(CN2C(=O)COC2=O)C1.